The van der Waals surface area contributed by atoms with Crippen molar-refractivity contribution in [2.75, 3.05) is 13.1 Å². The predicted octanol–water partition coefficient (Wildman–Crippen LogP) is 1.97. The smallest absolute Gasteiger partial charge is 0.217 e. The van der Waals surface area contributed by atoms with Crippen LogP contribution in [0.1, 0.15) is 25.3 Å². The molecule has 1 amide bonds. The van der Waals surface area contributed by atoms with E-state index >= 15 is 0 Å². The number of benzene rings is 1. The number of piperidine rings is 1. The molecule has 1 aliphatic rings. The zero-order valence-electron chi connectivity index (χ0n) is 12.2. The van der Waals surface area contributed by atoms with Crippen molar-refractivity contribution in [2.45, 2.75) is 32.4 Å². The largest absolute Gasteiger partial charge is 0.508 e. The van der Waals surface area contributed by atoms with Crippen LogP contribution in [0.15, 0.2) is 24.4 Å². The average molecular weight is 287 g/mol. The molecule has 1 aromatic heterocycles. The molecule has 0 saturated carbocycles. The van der Waals surface area contributed by atoms with Gasteiger partial charge in [-0.25, -0.2) is 0 Å². The normalized spacial score (nSPS) is 17.2. The number of amides is 1. The number of nitrogens with one attached hydrogen (secondary N) is 2. The number of hydrogen-bond acceptors (Lipinski definition) is 3. The number of likely N-dealkylation sites (tertiary alicyclic amines) is 1. The second-order valence-electron chi connectivity index (χ2n) is 5.79. The summed E-state index contributed by atoms with van der Waals surface area (Å²) in [5.41, 5.74) is 2.22. The molecule has 2 heterocycles. The van der Waals surface area contributed by atoms with Gasteiger partial charge >= 0.3 is 0 Å². The van der Waals surface area contributed by atoms with Crippen LogP contribution in [0.2, 0.25) is 0 Å². The number of hydrogen-bond donors (Lipinski definition) is 3. The number of carbonyl (C=O) groups is 1. The molecule has 0 aliphatic carbocycles. The Morgan fingerprint density at radius 1 is 1.43 bits per heavy atom. The van der Waals surface area contributed by atoms with Gasteiger partial charge < -0.3 is 15.4 Å². The molecule has 1 fully saturated rings. The van der Waals surface area contributed by atoms with Crippen molar-refractivity contribution in [3.63, 3.8) is 0 Å². The fourth-order valence-corrected chi connectivity index (χ4v) is 3.07. The lowest BCUT2D eigenvalue weighted by Gasteiger charge is -2.32. The van der Waals surface area contributed by atoms with E-state index < -0.39 is 0 Å². The number of H-pyrrole nitrogens is 1. The third-order valence-corrected chi connectivity index (χ3v) is 4.14. The van der Waals surface area contributed by atoms with Gasteiger partial charge in [0.1, 0.15) is 5.75 Å². The van der Waals surface area contributed by atoms with E-state index in [9.17, 15) is 9.90 Å². The molecule has 3 N–H and O–H groups in total. The van der Waals surface area contributed by atoms with E-state index in [2.05, 4.69) is 15.2 Å². The molecular weight excluding hydrogens is 266 g/mol. The summed E-state index contributed by atoms with van der Waals surface area (Å²) >= 11 is 0. The third kappa shape index (κ3) is 3.19. The van der Waals surface area contributed by atoms with Gasteiger partial charge in [-0.05, 0) is 30.5 Å². The molecule has 0 atom stereocenters. The van der Waals surface area contributed by atoms with Crippen LogP contribution < -0.4 is 5.32 Å². The lowest BCUT2D eigenvalue weighted by molar-refractivity contribution is -0.119. The van der Waals surface area contributed by atoms with Crippen molar-refractivity contribution in [2.24, 2.45) is 0 Å². The molecule has 3 rings (SSSR count). The Kier molecular flexibility index (Phi) is 3.84. The molecule has 5 nitrogen and oxygen atoms in total. The Bertz CT molecular complexity index is 642. The summed E-state index contributed by atoms with van der Waals surface area (Å²) in [6, 6.07) is 5.75. The third-order valence-electron chi connectivity index (χ3n) is 4.14. The maximum atomic E-state index is 11.1. The van der Waals surface area contributed by atoms with Gasteiger partial charge in [0.15, 0.2) is 0 Å². The Labute approximate surface area is 124 Å². The molecule has 1 aromatic carbocycles. The number of phenols is 1. The summed E-state index contributed by atoms with van der Waals surface area (Å²) < 4.78 is 0. The van der Waals surface area contributed by atoms with Crippen LogP contribution >= 0.6 is 0 Å². The molecule has 0 bridgehead atoms. The van der Waals surface area contributed by atoms with Crippen LogP contribution in [0, 0.1) is 0 Å². The van der Waals surface area contributed by atoms with Gasteiger partial charge in [0.25, 0.3) is 0 Å². The summed E-state index contributed by atoms with van der Waals surface area (Å²) in [5, 5.41) is 13.7. The zero-order valence-corrected chi connectivity index (χ0v) is 12.2. The fourth-order valence-electron chi connectivity index (χ4n) is 3.07. The van der Waals surface area contributed by atoms with Crippen LogP contribution in [0.25, 0.3) is 10.9 Å². The monoisotopic (exact) mass is 287 g/mol. The van der Waals surface area contributed by atoms with Gasteiger partial charge in [-0.3, -0.25) is 9.69 Å². The average Bonchev–Trinajstić information content (AvgIpc) is 2.83. The number of fused-ring (bicyclic) bond motifs is 1. The van der Waals surface area contributed by atoms with Crippen molar-refractivity contribution in [1.29, 1.82) is 0 Å². The molecule has 21 heavy (non-hydrogen) atoms. The molecule has 1 aliphatic heterocycles. The molecular formula is C16H21N3O2. The second-order valence-corrected chi connectivity index (χ2v) is 5.79. The SMILES string of the molecule is CC(=O)NC1CCN(Cc2c[nH]c3cc(O)ccc23)CC1. The number of carbonyl (C=O) groups excluding carboxylic acids is 1. The van der Waals surface area contributed by atoms with Crippen molar-refractivity contribution in [3.8, 4) is 5.75 Å². The molecule has 0 unspecified atom stereocenters. The lowest BCUT2D eigenvalue weighted by atomic mass is 10.0. The van der Waals surface area contributed by atoms with Crippen molar-refractivity contribution >= 4 is 16.8 Å². The Morgan fingerprint density at radius 3 is 2.90 bits per heavy atom. The first-order valence-electron chi connectivity index (χ1n) is 7.40. The second kappa shape index (κ2) is 5.77. The molecule has 0 spiro atoms. The number of phenolic OH excluding ortho intramolecular Hbond substituents is 1. The van der Waals surface area contributed by atoms with Crippen LogP contribution in [0.3, 0.4) is 0 Å². The van der Waals surface area contributed by atoms with Crippen LogP contribution in [-0.2, 0) is 11.3 Å². The van der Waals surface area contributed by atoms with E-state index in [0.29, 0.717) is 6.04 Å². The van der Waals surface area contributed by atoms with Crippen LogP contribution in [-0.4, -0.2) is 40.0 Å². The molecule has 0 radical (unpaired) electrons. The van der Waals surface area contributed by atoms with E-state index in [-0.39, 0.29) is 11.7 Å². The van der Waals surface area contributed by atoms with Gasteiger partial charge in [-0.15, -0.1) is 0 Å². The molecule has 112 valence electrons. The standard InChI is InChI=1S/C16H21N3O2/c1-11(20)18-13-4-6-19(7-5-13)10-12-9-17-16-8-14(21)2-3-15(12)16/h2-3,8-9,13,17,21H,4-7,10H2,1H3,(H,18,20). The Morgan fingerprint density at radius 2 is 2.19 bits per heavy atom. The van der Waals surface area contributed by atoms with Crippen molar-refractivity contribution < 1.29 is 9.90 Å². The highest BCUT2D eigenvalue weighted by molar-refractivity contribution is 5.84. The summed E-state index contributed by atoms with van der Waals surface area (Å²) in [7, 11) is 0. The topological polar surface area (TPSA) is 68.4 Å². The zero-order chi connectivity index (χ0) is 14.8. The number of aromatic amines is 1. The first-order valence-corrected chi connectivity index (χ1v) is 7.40. The van der Waals surface area contributed by atoms with Gasteiger partial charge in [0, 0.05) is 55.8 Å². The molecule has 2 aromatic rings. The van der Waals surface area contributed by atoms with Gasteiger partial charge in [-0.1, -0.05) is 0 Å². The Hall–Kier alpha value is -2.01. The summed E-state index contributed by atoms with van der Waals surface area (Å²) in [4.78, 5) is 16.7. The first kappa shape index (κ1) is 13.9. The van der Waals surface area contributed by atoms with Gasteiger partial charge in [0.05, 0.1) is 0 Å². The fraction of sp³-hybridized carbons (Fsp3) is 0.438. The quantitative estimate of drug-likeness (QED) is 0.808. The Balaban J connectivity index is 1.63. The van der Waals surface area contributed by atoms with Gasteiger partial charge in [0.2, 0.25) is 5.91 Å². The lowest BCUT2D eigenvalue weighted by Crippen LogP contribution is -2.43. The van der Waals surface area contributed by atoms with Crippen LogP contribution in [0.4, 0.5) is 0 Å². The van der Waals surface area contributed by atoms with E-state index in [1.807, 2.05) is 12.3 Å². The highest BCUT2D eigenvalue weighted by atomic mass is 16.3. The number of aromatic hydroxyl groups is 1. The first-order chi connectivity index (χ1) is 10.1. The minimum absolute atomic E-state index is 0.0601. The number of nitrogens with zero attached hydrogens (tertiary/aromatic N) is 1. The van der Waals surface area contributed by atoms with Gasteiger partial charge in [-0.2, -0.15) is 0 Å². The minimum atomic E-state index is 0.0601. The highest BCUT2D eigenvalue weighted by Gasteiger charge is 2.20. The van der Waals surface area contributed by atoms with E-state index in [1.165, 1.54) is 5.56 Å². The predicted molar refractivity (Wildman–Crippen MR) is 82.1 cm³/mol. The molecule has 5 heteroatoms. The van der Waals surface area contributed by atoms with E-state index in [0.717, 1.165) is 43.4 Å². The summed E-state index contributed by atoms with van der Waals surface area (Å²) in [6.07, 6.45) is 4.02. The number of rotatable bonds is 3. The van der Waals surface area contributed by atoms with E-state index in [1.54, 1.807) is 19.1 Å². The maximum Gasteiger partial charge on any atom is 0.217 e. The van der Waals surface area contributed by atoms with Crippen molar-refractivity contribution in [1.82, 2.24) is 15.2 Å². The van der Waals surface area contributed by atoms with E-state index in [4.69, 9.17) is 0 Å². The van der Waals surface area contributed by atoms with Crippen LogP contribution in [0.5, 0.6) is 5.75 Å². The summed E-state index contributed by atoms with van der Waals surface area (Å²) in [5.74, 6) is 0.344. The maximum absolute atomic E-state index is 11.1. The highest BCUT2D eigenvalue weighted by Crippen LogP contribution is 2.24. The number of aromatic nitrogens is 1. The molecule has 1 saturated heterocycles. The minimum Gasteiger partial charge on any atom is -0.508 e. The van der Waals surface area contributed by atoms with Crippen molar-refractivity contribution in [3.05, 3.63) is 30.0 Å². The summed E-state index contributed by atoms with van der Waals surface area (Å²) in [6.45, 7) is 4.47.